The molecule has 0 fully saturated rings. The van der Waals surface area contributed by atoms with Crippen LogP contribution in [0.1, 0.15) is 44.0 Å². The first kappa shape index (κ1) is 15.5. The van der Waals surface area contributed by atoms with Crippen LogP contribution in [0.2, 0.25) is 0 Å². The molecule has 2 aromatic carbocycles. The summed E-state index contributed by atoms with van der Waals surface area (Å²) in [4.78, 5) is 4.80. The maximum absolute atomic E-state index is 4.80. The molecule has 0 aliphatic carbocycles. The maximum atomic E-state index is 4.80. The number of fused-ring (bicyclic) bond motifs is 1. The van der Waals surface area contributed by atoms with Crippen molar-refractivity contribution >= 4 is 23.2 Å². The molecule has 0 bridgehead atoms. The molecular formula is C21H24N2. The van der Waals surface area contributed by atoms with Gasteiger partial charge < -0.3 is 4.57 Å². The largest absolute Gasteiger partial charge is 0.324 e. The van der Waals surface area contributed by atoms with Crippen molar-refractivity contribution in [2.24, 2.45) is 0 Å². The molecule has 118 valence electrons. The van der Waals surface area contributed by atoms with Gasteiger partial charge in [-0.2, -0.15) is 0 Å². The topological polar surface area (TPSA) is 17.8 Å². The summed E-state index contributed by atoms with van der Waals surface area (Å²) in [5.74, 6) is 1.05. The van der Waals surface area contributed by atoms with E-state index >= 15 is 0 Å². The van der Waals surface area contributed by atoms with E-state index in [0.717, 1.165) is 17.9 Å². The van der Waals surface area contributed by atoms with Crippen molar-refractivity contribution < 1.29 is 0 Å². The summed E-state index contributed by atoms with van der Waals surface area (Å²) in [6.07, 6.45) is 9.34. The third-order valence-corrected chi connectivity index (χ3v) is 4.14. The molecule has 3 rings (SSSR count). The van der Waals surface area contributed by atoms with Gasteiger partial charge in [0.15, 0.2) is 0 Å². The third-order valence-electron chi connectivity index (χ3n) is 4.14. The van der Waals surface area contributed by atoms with E-state index < -0.39 is 0 Å². The van der Waals surface area contributed by atoms with Crippen LogP contribution in [0.4, 0.5) is 0 Å². The van der Waals surface area contributed by atoms with Crippen molar-refractivity contribution in [2.75, 3.05) is 0 Å². The van der Waals surface area contributed by atoms with Crippen LogP contribution in [0.15, 0.2) is 54.6 Å². The number of hydrogen-bond acceptors (Lipinski definition) is 1. The fourth-order valence-corrected chi connectivity index (χ4v) is 2.89. The highest BCUT2D eigenvalue weighted by Gasteiger charge is 2.07. The minimum Gasteiger partial charge on any atom is -0.324 e. The Hall–Kier alpha value is -2.35. The van der Waals surface area contributed by atoms with Gasteiger partial charge in [0.1, 0.15) is 5.82 Å². The standard InChI is InChI=1S/C21H24N2/c1-2-3-4-10-17-23-20-14-9-8-13-19(20)22-21(23)16-15-18-11-6-5-7-12-18/h5-9,11-16H,2-4,10,17H2,1H3. The Morgan fingerprint density at radius 2 is 1.65 bits per heavy atom. The second-order valence-electron chi connectivity index (χ2n) is 5.92. The van der Waals surface area contributed by atoms with E-state index in [1.807, 2.05) is 6.07 Å². The van der Waals surface area contributed by atoms with Gasteiger partial charge in [0.25, 0.3) is 0 Å². The van der Waals surface area contributed by atoms with Gasteiger partial charge in [-0.3, -0.25) is 0 Å². The third kappa shape index (κ3) is 3.89. The number of aryl methyl sites for hydroxylation is 1. The molecule has 23 heavy (non-hydrogen) atoms. The molecule has 2 nitrogen and oxygen atoms in total. The van der Waals surface area contributed by atoms with Crippen LogP contribution in [-0.2, 0) is 6.54 Å². The molecule has 1 heterocycles. The van der Waals surface area contributed by atoms with Gasteiger partial charge >= 0.3 is 0 Å². The molecule has 1 aromatic heterocycles. The summed E-state index contributed by atoms with van der Waals surface area (Å²) in [6, 6.07) is 18.8. The monoisotopic (exact) mass is 304 g/mol. The minimum absolute atomic E-state index is 1.04. The van der Waals surface area contributed by atoms with E-state index in [0.29, 0.717) is 0 Å². The lowest BCUT2D eigenvalue weighted by Gasteiger charge is -2.07. The van der Waals surface area contributed by atoms with E-state index in [1.54, 1.807) is 0 Å². The number of aromatic nitrogens is 2. The SMILES string of the molecule is CCCCCCn1c(C=Cc2ccccc2)nc2ccccc21. The van der Waals surface area contributed by atoms with Crippen molar-refractivity contribution in [3.63, 3.8) is 0 Å². The quantitative estimate of drug-likeness (QED) is 0.505. The summed E-state index contributed by atoms with van der Waals surface area (Å²) in [5.41, 5.74) is 3.52. The molecule has 0 radical (unpaired) electrons. The van der Waals surface area contributed by atoms with Crippen LogP contribution >= 0.6 is 0 Å². The highest BCUT2D eigenvalue weighted by molar-refractivity contribution is 5.79. The molecule has 0 amide bonds. The highest BCUT2D eigenvalue weighted by atomic mass is 15.1. The molecule has 0 aliphatic rings. The molecule has 0 aliphatic heterocycles. The minimum atomic E-state index is 1.04. The molecule has 0 saturated heterocycles. The van der Waals surface area contributed by atoms with Gasteiger partial charge in [-0.15, -0.1) is 0 Å². The zero-order valence-corrected chi connectivity index (χ0v) is 13.8. The molecule has 2 heteroatoms. The average Bonchev–Trinajstić information content (AvgIpc) is 2.95. The fraction of sp³-hybridized carbons (Fsp3) is 0.286. The lowest BCUT2D eigenvalue weighted by molar-refractivity contribution is 0.589. The van der Waals surface area contributed by atoms with Crippen LogP contribution in [0.25, 0.3) is 23.2 Å². The van der Waals surface area contributed by atoms with Crippen molar-refractivity contribution in [1.29, 1.82) is 0 Å². The van der Waals surface area contributed by atoms with Crippen LogP contribution in [0, 0.1) is 0 Å². The van der Waals surface area contributed by atoms with Gasteiger partial charge in [0.2, 0.25) is 0 Å². The van der Waals surface area contributed by atoms with Gasteiger partial charge in [0, 0.05) is 6.54 Å². The normalized spacial score (nSPS) is 11.5. The Bertz CT molecular complexity index is 769. The summed E-state index contributed by atoms with van der Waals surface area (Å²) >= 11 is 0. The van der Waals surface area contributed by atoms with E-state index in [-0.39, 0.29) is 0 Å². The predicted octanol–water partition coefficient (Wildman–Crippen LogP) is 5.79. The number of unbranched alkanes of at least 4 members (excludes halogenated alkanes) is 3. The predicted molar refractivity (Wildman–Crippen MR) is 99.2 cm³/mol. The van der Waals surface area contributed by atoms with E-state index in [2.05, 4.69) is 72.2 Å². The highest BCUT2D eigenvalue weighted by Crippen LogP contribution is 2.19. The molecule has 0 atom stereocenters. The Balaban J connectivity index is 1.87. The maximum Gasteiger partial charge on any atom is 0.133 e. The molecule has 0 spiro atoms. The molecule has 0 N–H and O–H groups in total. The Morgan fingerprint density at radius 3 is 2.48 bits per heavy atom. The van der Waals surface area contributed by atoms with Gasteiger partial charge in [-0.05, 0) is 30.2 Å². The van der Waals surface area contributed by atoms with Crippen molar-refractivity contribution in [1.82, 2.24) is 9.55 Å². The Kier molecular flexibility index (Phi) is 5.25. The smallest absolute Gasteiger partial charge is 0.133 e. The summed E-state index contributed by atoms with van der Waals surface area (Å²) in [6.45, 7) is 3.29. The van der Waals surface area contributed by atoms with Crippen LogP contribution in [0.5, 0.6) is 0 Å². The summed E-state index contributed by atoms with van der Waals surface area (Å²) < 4.78 is 2.35. The number of rotatable bonds is 7. The number of benzene rings is 2. The van der Waals surface area contributed by atoms with Crippen LogP contribution in [-0.4, -0.2) is 9.55 Å². The zero-order chi connectivity index (χ0) is 15.9. The number of para-hydroxylation sites is 2. The average molecular weight is 304 g/mol. The second kappa shape index (κ2) is 7.77. The first-order chi connectivity index (χ1) is 11.4. The lowest BCUT2D eigenvalue weighted by atomic mass is 10.2. The van der Waals surface area contributed by atoms with Gasteiger partial charge in [0.05, 0.1) is 11.0 Å². The first-order valence-corrected chi connectivity index (χ1v) is 8.57. The van der Waals surface area contributed by atoms with Gasteiger partial charge in [-0.25, -0.2) is 4.98 Å². The second-order valence-corrected chi connectivity index (χ2v) is 5.92. The zero-order valence-electron chi connectivity index (χ0n) is 13.8. The number of imidazole rings is 1. The first-order valence-electron chi connectivity index (χ1n) is 8.57. The van der Waals surface area contributed by atoms with Crippen molar-refractivity contribution in [2.45, 2.75) is 39.2 Å². The molecule has 0 saturated carbocycles. The lowest BCUT2D eigenvalue weighted by Crippen LogP contribution is -2.00. The Morgan fingerprint density at radius 1 is 0.870 bits per heavy atom. The number of nitrogens with zero attached hydrogens (tertiary/aromatic N) is 2. The summed E-state index contributed by atoms with van der Waals surface area (Å²) in [7, 11) is 0. The van der Waals surface area contributed by atoms with Crippen molar-refractivity contribution in [3.05, 3.63) is 66.0 Å². The van der Waals surface area contributed by atoms with Crippen LogP contribution in [0.3, 0.4) is 0 Å². The van der Waals surface area contributed by atoms with E-state index in [9.17, 15) is 0 Å². The van der Waals surface area contributed by atoms with Crippen LogP contribution < -0.4 is 0 Å². The fourth-order valence-electron chi connectivity index (χ4n) is 2.89. The molecule has 3 aromatic rings. The van der Waals surface area contributed by atoms with E-state index in [1.165, 1.54) is 36.8 Å². The number of hydrogen-bond donors (Lipinski definition) is 0. The summed E-state index contributed by atoms with van der Waals surface area (Å²) in [5, 5.41) is 0. The molecule has 0 unspecified atom stereocenters. The van der Waals surface area contributed by atoms with Crippen molar-refractivity contribution in [3.8, 4) is 0 Å². The van der Waals surface area contributed by atoms with Gasteiger partial charge in [-0.1, -0.05) is 74.7 Å². The van der Waals surface area contributed by atoms with E-state index in [4.69, 9.17) is 4.98 Å². The Labute approximate surface area is 138 Å². The molecular weight excluding hydrogens is 280 g/mol.